The number of nitrogens with one attached hydrogen (secondary N) is 1. The van der Waals surface area contributed by atoms with Gasteiger partial charge in [0.2, 0.25) is 0 Å². The minimum Gasteiger partial charge on any atom is -0.342 e. The highest BCUT2D eigenvalue weighted by Crippen LogP contribution is 2.44. The van der Waals surface area contributed by atoms with E-state index in [1.165, 1.54) is 18.2 Å². The fourth-order valence-electron chi connectivity index (χ4n) is 3.60. The number of carbonyl (C=O) groups excluding carboxylic acids is 1. The third-order valence-electron chi connectivity index (χ3n) is 4.51. The normalized spacial score (nSPS) is 37.0. The average Bonchev–Trinajstić information content (AvgIpc) is 3.00. The highest BCUT2D eigenvalue weighted by Gasteiger charge is 2.62. The number of amides is 1. The van der Waals surface area contributed by atoms with Crippen LogP contribution in [-0.4, -0.2) is 48.2 Å². The predicted molar refractivity (Wildman–Crippen MR) is 87.6 cm³/mol. The van der Waals surface area contributed by atoms with E-state index < -0.39 is 54.0 Å². The van der Waals surface area contributed by atoms with E-state index in [4.69, 9.17) is 23.7 Å². The molecule has 0 bridgehead atoms. The minimum atomic E-state index is -0.983. The van der Waals surface area contributed by atoms with Crippen molar-refractivity contribution in [2.75, 3.05) is 5.32 Å². The van der Waals surface area contributed by atoms with E-state index in [-0.39, 0.29) is 0 Å². The van der Waals surface area contributed by atoms with Crippen LogP contribution >= 0.6 is 0 Å². The van der Waals surface area contributed by atoms with E-state index in [2.05, 4.69) is 5.32 Å². The second-order valence-electron chi connectivity index (χ2n) is 7.59. The molecule has 142 valence electrons. The van der Waals surface area contributed by atoms with E-state index in [0.717, 1.165) is 0 Å². The summed E-state index contributed by atoms with van der Waals surface area (Å²) < 4.78 is 42.8. The first-order chi connectivity index (χ1) is 12.1. The molecule has 26 heavy (non-hydrogen) atoms. The first-order valence-corrected chi connectivity index (χ1v) is 8.57. The van der Waals surface area contributed by atoms with Crippen LogP contribution in [0.3, 0.4) is 0 Å². The van der Waals surface area contributed by atoms with Gasteiger partial charge < -0.3 is 29.0 Å². The van der Waals surface area contributed by atoms with Crippen LogP contribution in [0, 0.1) is 5.82 Å². The van der Waals surface area contributed by atoms with Crippen molar-refractivity contribution < 1.29 is 32.9 Å². The number of benzene rings is 1. The summed E-state index contributed by atoms with van der Waals surface area (Å²) >= 11 is 0. The fraction of sp³-hybridized carbons (Fsp3) is 0.611. The first kappa shape index (κ1) is 17.8. The van der Waals surface area contributed by atoms with Gasteiger partial charge >= 0.3 is 0 Å². The van der Waals surface area contributed by atoms with Crippen molar-refractivity contribution in [3.63, 3.8) is 0 Å². The van der Waals surface area contributed by atoms with Crippen LogP contribution in [0.15, 0.2) is 24.3 Å². The number of carbonyl (C=O) groups is 1. The Kier molecular flexibility index (Phi) is 4.09. The molecular formula is C18H22FNO6. The summed E-state index contributed by atoms with van der Waals surface area (Å²) in [4.78, 5) is 12.8. The fourth-order valence-corrected chi connectivity index (χ4v) is 3.60. The van der Waals surface area contributed by atoms with Crippen LogP contribution in [0.5, 0.6) is 0 Å². The molecule has 3 heterocycles. The summed E-state index contributed by atoms with van der Waals surface area (Å²) in [5.74, 6) is -2.65. The van der Waals surface area contributed by atoms with E-state index in [1.54, 1.807) is 33.8 Å². The molecule has 4 rings (SSSR count). The van der Waals surface area contributed by atoms with Gasteiger partial charge in [-0.1, -0.05) is 6.07 Å². The standard InChI is InChI=1S/C18H22FNO6/c1-17(2)23-11-12(24-17)14-16(26-18(3,4)25-14)22-13(11)15(21)20-10-7-5-6-9(19)8-10/h5-8,11-14,16H,1-4H3,(H,20,21). The Hall–Kier alpha value is -1.58. The number of halogens is 1. The molecule has 0 spiro atoms. The minimum absolute atomic E-state index is 0.333. The molecule has 3 aliphatic heterocycles. The number of fused-ring (bicyclic) bond motifs is 3. The van der Waals surface area contributed by atoms with Crippen molar-refractivity contribution in [1.82, 2.24) is 0 Å². The van der Waals surface area contributed by atoms with Crippen molar-refractivity contribution in [2.24, 2.45) is 0 Å². The van der Waals surface area contributed by atoms with Crippen molar-refractivity contribution in [3.05, 3.63) is 30.1 Å². The summed E-state index contributed by atoms with van der Waals surface area (Å²) in [7, 11) is 0. The van der Waals surface area contributed by atoms with Gasteiger partial charge in [-0.3, -0.25) is 4.79 Å². The lowest BCUT2D eigenvalue weighted by Gasteiger charge is -2.36. The van der Waals surface area contributed by atoms with Gasteiger partial charge in [-0.05, 0) is 45.9 Å². The van der Waals surface area contributed by atoms with E-state index in [9.17, 15) is 9.18 Å². The van der Waals surface area contributed by atoms with Gasteiger partial charge in [0.25, 0.3) is 5.91 Å². The van der Waals surface area contributed by atoms with Gasteiger partial charge in [0.1, 0.15) is 24.1 Å². The van der Waals surface area contributed by atoms with E-state index >= 15 is 0 Å². The van der Waals surface area contributed by atoms with Crippen molar-refractivity contribution in [2.45, 2.75) is 70.0 Å². The molecule has 5 unspecified atom stereocenters. The summed E-state index contributed by atoms with van der Waals surface area (Å²) in [6.07, 6.45) is -3.43. The molecule has 3 fully saturated rings. The summed E-state index contributed by atoms with van der Waals surface area (Å²) in [6, 6.07) is 5.64. The van der Waals surface area contributed by atoms with Crippen LogP contribution in [0.2, 0.25) is 0 Å². The lowest BCUT2D eigenvalue weighted by Crippen LogP contribution is -2.58. The Balaban J connectivity index is 1.58. The third-order valence-corrected chi connectivity index (χ3v) is 4.51. The zero-order valence-corrected chi connectivity index (χ0v) is 15.0. The van der Waals surface area contributed by atoms with Crippen LogP contribution < -0.4 is 5.32 Å². The molecule has 5 atom stereocenters. The topological polar surface area (TPSA) is 75.3 Å². The molecule has 1 aromatic rings. The molecule has 1 amide bonds. The highest BCUT2D eigenvalue weighted by molar-refractivity contribution is 5.94. The molecule has 1 N–H and O–H groups in total. The monoisotopic (exact) mass is 367 g/mol. The van der Waals surface area contributed by atoms with Crippen LogP contribution in [0.4, 0.5) is 10.1 Å². The van der Waals surface area contributed by atoms with Gasteiger partial charge in [-0.25, -0.2) is 4.39 Å². The second-order valence-corrected chi connectivity index (χ2v) is 7.59. The molecule has 0 saturated carbocycles. The number of hydrogen-bond donors (Lipinski definition) is 1. The van der Waals surface area contributed by atoms with Gasteiger partial charge in [0, 0.05) is 5.69 Å². The third kappa shape index (κ3) is 3.23. The maximum Gasteiger partial charge on any atom is 0.256 e. The van der Waals surface area contributed by atoms with Crippen LogP contribution in [0.25, 0.3) is 0 Å². The van der Waals surface area contributed by atoms with Gasteiger partial charge in [-0.15, -0.1) is 0 Å². The number of hydrogen-bond acceptors (Lipinski definition) is 6. The van der Waals surface area contributed by atoms with E-state index in [0.29, 0.717) is 5.69 Å². The number of anilines is 1. The molecular weight excluding hydrogens is 345 g/mol. The number of rotatable bonds is 2. The smallest absolute Gasteiger partial charge is 0.256 e. The quantitative estimate of drug-likeness (QED) is 0.863. The molecule has 3 aliphatic rings. The van der Waals surface area contributed by atoms with Gasteiger partial charge in [0.05, 0.1) is 0 Å². The van der Waals surface area contributed by atoms with Gasteiger partial charge in [0.15, 0.2) is 24.0 Å². The lowest BCUT2D eigenvalue weighted by molar-refractivity contribution is -0.229. The Morgan fingerprint density at radius 1 is 1.00 bits per heavy atom. The Labute approximate surface area is 150 Å². The number of ether oxygens (including phenoxy) is 5. The van der Waals surface area contributed by atoms with Crippen molar-refractivity contribution in [1.29, 1.82) is 0 Å². The predicted octanol–water partition coefficient (Wildman–Crippen LogP) is 2.16. The second kappa shape index (κ2) is 5.97. The Bertz CT molecular complexity index is 723. The maximum absolute atomic E-state index is 13.4. The molecule has 3 saturated heterocycles. The molecule has 0 aromatic heterocycles. The van der Waals surface area contributed by atoms with Crippen molar-refractivity contribution >= 4 is 11.6 Å². The molecule has 1 aromatic carbocycles. The zero-order chi connectivity index (χ0) is 18.7. The molecule has 7 nitrogen and oxygen atoms in total. The molecule has 0 aliphatic carbocycles. The largest absolute Gasteiger partial charge is 0.342 e. The zero-order valence-electron chi connectivity index (χ0n) is 15.0. The lowest BCUT2D eigenvalue weighted by atomic mass is 9.98. The summed E-state index contributed by atoms with van der Waals surface area (Å²) in [5, 5.41) is 2.66. The van der Waals surface area contributed by atoms with Crippen LogP contribution in [-0.2, 0) is 28.5 Å². The summed E-state index contributed by atoms with van der Waals surface area (Å²) in [5.41, 5.74) is 0.333. The van der Waals surface area contributed by atoms with Crippen molar-refractivity contribution in [3.8, 4) is 0 Å². The molecule has 8 heteroatoms. The van der Waals surface area contributed by atoms with Gasteiger partial charge in [-0.2, -0.15) is 0 Å². The highest BCUT2D eigenvalue weighted by atomic mass is 19.1. The Morgan fingerprint density at radius 3 is 2.38 bits per heavy atom. The summed E-state index contributed by atoms with van der Waals surface area (Å²) in [6.45, 7) is 7.07. The Morgan fingerprint density at radius 2 is 1.65 bits per heavy atom. The average molecular weight is 367 g/mol. The maximum atomic E-state index is 13.4. The molecule has 0 radical (unpaired) electrons. The van der Waals surface area contributed by atoms with E-state index in [1.807, 2.05) is 0 Å². The first-order valence-electron chi connectivity index (χ1n) is 8.57. The SMILES string of the molecule is CC1(C)OC2OC(C(=O)Nc3cccc(F)c3)C3OC(C)(C)OC3C2O1. The van der Waals surface area contributed by atoms with Crippen LogP contribution in [0.1, 0.15) is 27.7 Å².